The number of anilines is 1. The van der Waals surface area contributed by atoms with Crippen molar-refractivity contribution in [3.05, 3.63) is 58.2 Å². The smallest absolute Gasteiger partial charge is 0.315 e. The van der Waals surface area contributed by atoms with Crippen LogP contribution in [0.3, 0.4) is 0 Å². The second-order valence-electron chi connectivity index (χ2n) is 6.45. The number of hydrogen-bond acceptors (Lipinski definition) is 3. The minimum absolute atomic E-state index is 0.155. The Hall–Kier alpha value is -1.98. The first-order chi connectivity index (χ1) is 12.5. The number of piperidine rings is 1. The molecule has 7 heteroatoms. The molecule has 1 aliphatic rings. The van der Waals surface area contributed by atoms with Crippen molar-refractivity contribution >= 4 is 35.1 Å². The Labute approximate surface area is 163 Å². The lowest BCUT2D eigenvalue weighted by Gasteiger charge is -2.33. The Morgan fingerprint density at radius 1 is 1.23 bits per heavy atom. The van der Waals surface area contributed by atoms with Crippen molar-refractivity contribution in [1.29, 1.82) is 0 Å². The highest BCUT2D eigenvalue weighted by atomic mass is 35.5. The summed E-state index contributed by atoms with van der Waals surface area (Å²) in [5.74, 6) is 0.987. The van der Waals surface area contributed by atoms with Crippen molar-refractivity contribution in [2.45, 2.75) is 31.8 Å². The molecular weight excluding hydrogens is 371 g/mol. The minimum atomic E-state index is -0.201. The number of hydrogen-bond donors (Lipinski definition) is 2. The van der Waals surface area contributed by atoms with E-state index in [9.17, 15) is 4.79 Å². The molecule has 0 unspecified atom stereocenters. The Balaban J connectivity index is 1.48. The van der Waals surface area contributed by atoms with E-state index in [0.717, 1.165) is 37.3 Å². The Kier molecular flexibility index (Phi) is 6.22. The van der Waals surface area contributed by atoms with Gasteiger partial charge in [0.1, 0.15) is 5.82 Å². The SMILES string of the molecule is C[C@H](NC(=O)NC1CCN(c2ccccn2)CC1)c1ccc(Cl)cc1Cl. The molecule has 2 aromatic rings. The molecule has 138 valence electrons. The first-order valence-electron chi connectivity index (χ1n) is 8.71. The first kappa shape index (κ1) is 18.8. The zero-order valence-electron chi connectivity index (χ0n) is 14.6. The second-order valence-corrected chi connectivity index (χ2v) is 7.30. The van der Waals surface area contributed by atoms with Gasteiger partial charge in [0.05, 0.1) is 6.04 Å². The van der Waals surface area contributed by atoms with Gasteiger partial charge in [-0.2, -0.15) is 0 Å². The molecule has 0 saturated carbocycles. The van der Waals surface area contributed by atoms with Gasteiger partial charge in [-0.1, -0.05) is 35.3 Å². The van der Waals surface area contributed by atoms with E-state index in [0.29, 0.717) is 10.0 Å². The normalized spacial score (nSPS) is 16.2. The fourth-order valence-electron chi connectivity index (χ4n) is 3.15. The summed E-state index contributed by atoms with van der Waals surface area (Å²) in [4.78, 5) is 18.9. The van der Waals surface area contributed by atoms with Crippen molar-refractivity contribution in [3.8, 4) is 0 Å². The summed E-state index contributed by atoms with van der Waals surface area (Å²) >= 11 is 12.1. The monoisotopic (exact) mass is 392 g/mol. The van der Waals surface area contributed by atoms with Gasteiger partial charge >= 0.3 is 6.03 Å². The number of nitrogens with zero attached hydrogens (tertiary/aromatic N) is 2. The molecule has 1 aliphatic heterocycles. The van der Waals surface area contributed by atoms with Crippen molar-refractivity contribution in [3.63, 3.8) is 0 Å². The first-order valence-corrected chi connectivity index (χ1v) is 9.46. The van der Waals surface area contributed by atoms with Crippen molar-refractivity contribution in [2.24, 2.45) is 0 Å². The number of urea groups is 1. The number of rotatable bonds is 4. The predicted molar refractivity (Wildman–Crippen MR) is 106 cm³/mol. The van der Waals surface area contributed by atoms with E-state index in [1.54, 1.807) is 18.3 Å². The van der Waals surface area contributed by atoms with E-state index in [-0.39, 0.29) is 18.1 Å². The highest BCUT2D eigenvalue weighted by molar-refractivity contribution is 6.35. The van der Waals surface area contributed by atoms with Gasteiger partial charge < -0.3 is 15.5 Å². The minimum Gasteiger partial charge on any atom is -0.356 e. The highest BCUT2D eigenvalue weighted by Gasteiger charge is 2.22. The molecule has 0 aliphatic carbocycles. The molecule has 0 bridgehead atoms. The average molecular weight is 393 g/mol. The number of benzene rings is 1. The van der Waals surface area contributed by atoms with Gasteiger partial charge in [-0.25, -0.2) is 9.78 Å². The Morgan fingerprint density at radius 3 is 2.65 bits per heavy atom. The van der Waals surface area contributed by atoms with Crippen LogP contribution in [0, 0.1) is 0 Å². The quantitative estimate of drug-likeness (QED) is 0.809. The molecule has 1 saturated heterocycles. The number of nitrogens with one attached hydrogen (secondary N) is 2. The van der Waals surface area contributed by atoms with Crippen molar-refractivity contribution < 1.29 is 4.79 Å². The Bertz CT molecular complexity index is 748. The van der Waals surface area contributed by atoms with Crippen molar-refractivity contribution in [2.75, 3.05) is 18.0 Å². The van der Waals surface area contributed by atoms with Gasteiger partial charge in [-0.3, -0.25) is 0 Å². The largest absolute Gasteiger partial charge is 0.356 e. The van der Waals surface area contributed by atoms with Crippen LogP contribution >= 0.6 is 23.2 Å². The zero-order chi connectivity index (χ0) is 18.5. The standard InChI is InChI=1S/C19H22Cl2N4O/c1-13(16-6-5-14(20)12-17(16)21)23-19(26)24-15-7-10-25(11-8-15)18-4-2-3-9-22-18/h2-6,9,12-13,15H,7-8,10-11H2,1H3,(H2,23,24,26)/t13-/m0/s1. The van der Waals surface area contributed by atoms with Gasteiger partial charge in [0, 0.05) is 35.4 Å². The van der Waals surface area contributed by atoms with E-state index in [1.807, 2.05) is 31.2 Å². The lowest BCUT2D eigenvalue weighted by Crippen LogP contribution is -2.48. The third-order valence-corrected chi connectivity index (χ3v) is 5.14. The van der Waals surface area contributed by atoms with E-state index < -0.39 is 0 Å². The van der Waals surface area contributed by atoms with E-state index >= 15 is 0 Å². The lowest BCUT2D eigenvalue weighted by molar-refractivity contribution is 0.231. The van der Waals surface area contributed by atoms with Crippen LogP contribution in [0.1, 0.15) is 31.4 Å². The molecule has 0 spiro atoms. The predicted octanol–water partition coefficient (Wildman–Crippen LogP) is 4.42. The molecule has 0 radical (unpaired) electrons. The average Bonchev–Trinajstić information content (AvgIpc) is 2.63. The molecule has 2 amide bonds. The van der Waals surface area contributed by atoms with Gasteiger partial charge in [0.25, 0.3) is 0 Å². The van der Waals surface area contributed by atoms with Crippen LogP contribution in [0.5, 0.6) is 0 Å². The molecule has 1 aromatic heterocycles. The molecule has 26 heavy (non-hydrogen) atoms. The highest BCUT2D eigenvalue weighted by Crippen LogP contribution is 2.26. The maximum Gasteiger partial charge on any atom is 0.315 e. The van der Waals surface area contributed by atoms with Crippen molar-refractivity contribution in [1.82, 2.24) is 15.6 Å². The lowest BCUT2D eigenvalue weighted by atomic mass is 10.1. The van der Waals surface area contributed by atoms with E-state index in [4.69, 9.17) is 23.2 Å². The van der Waals surface area contributed by atoms with Crippen LogP contribution in [-0.2, 0) is 0 Å². The van der Waals surface area contributed by atoms with Crippen LogP contribution in [0.4, 0.5) is 10.6 Å². The zero-order valence-corrected chi connectivity index (χ0v) is 16.1. The number of aromatic nitrogens is 1. The van der Waals surface area contributed by atoms with E-state index in [2.05, 4.69) is 20.5 Å². The van der Waals surface area contributed by atoms with Crippen LogP contribution in [0.25, 0.3) is 0 Å². The molecular formula is C19H22Cl2N4O. The third-order valence-electron chi connectivity index (χ3n) is 4.58. The fourth-order valence-corrected chi connectivity index (χ4v) is 3.72. The van der Waals surface area contributed by atoms with Crippen LogP contribution in [0.15, 0.2) is 42.6 Å². The second kappa shape index (κ2) is 8.60. The summed E-state index contributed by atoms with van der Waals surface area (Å²) in [6.45, 7) is 3.65. The molecule has 3 rings (SSSR count). The summed E-state index contributed by atoms with van der Waals surface area (Å²) in [5.41, 5.74) is 0.844. The molecule has 1 fully saturated rings. The number of halogens is 2. The van der Waals surface area contributed by atoms with Crippen LogP contribution < -0.4 is 15.5 Å². The van der Waals surface area contributed by atoms with Gasteiger partial charge in [-0.05, 0) is 49.6 Å². The van der Waals surface area contributed by atoms with Gasteiger partial charge in [-0.15, -0.1) is 0 Å². The molecule has 2 N–H and O–H groups in total. The summed E-state index contributed by atoms with van der Waals surface area (Å²) in [5, 5.41) is 7.13. The number of carbonyl (C=O) groups excluding carboxylic acids is 1. The van der Waals surface area contributed by atoms with Crippen LogP contribution in [-0.4, -0.2) is 30.1 Å². The summed E-state index contributed by atoms with van der Waals surface area (Å²) < 4.78 is 0. The number of carbonyl (C=O) groups is 1. The molecule has 1 atom stereocenters. The van der Waals surface area contributed by atoms with Gasteiger partial charge in [0.15, 0.2) is 0 Å². The Morgan fingerprint density at radius 2 is 2.00 bits per heavy atom. The maximum atomic E-state index is 12.3. The summed E-state index contributed by atoms with van der Waals surface area (Å²) in [7, 11) is 0. The molecule has 5 nitrogen and oxygen atoms in total. The molecule has 1 aromatic carbocycles. The summed E-state index contributed by atoms with van der Waals surface area (Å²) in [6, 6.07) is 11.0. The summed E-state index contributed by atoms with van der Waals surface area (Å²) in [6.07, 6.45) is 3.58. The number of amides is 2. The molecule has 2 heterocycles. The maximum absolute atomic E-state index is 12.3. The number of pyridine rings is 1. The fraction of sp³-hybridized carbons (Fsp3) is 0.368. The topological polar surface area (TPSA) is 57.3 Å². The van der Waals surface area contributed by atoms with Gasteiger partial charge in [0.2, 0.25) is 0 Å². The van der Waals surface area contributed by atoms with E-state index in [1.165, 1.54) is 0 Å². The third kappa shape index (κ3) is 4.80. The van der Waals surface area contributed by atoms with Crippen LogP contribution in [0.2, 0.25) is 10.0 Å².